The number of carbonyl (C=O) groups excluding carboxylic acids is 1. The molecule has 3 aliphatic rings. The van der Waals surface area contributed by atoms with Gasteiger partial charge in [0.15, 0.2) is 11.6 Å². The first-order valence-corrected chi connectivity index (χ1v) is 13.7. The van der Waals surface area contributed by atoms with E-state index in [-0.39, 0.29) is 5.97 Å². The molecule has 0 radical (unpaired) electrons. The number of allylic oxidation sites excluding steroid dienone is 1. The lowest BCUT2D eigenvalue weighted by molar-refractivity contribution is -0.142. The third kappa shape index (κ3) is 6.52. The van der Waals surface area contributed by atoms with Gasteiger partial charge in [-0.2, -0.15) is 5.10 Å². The molecule has 2 fully saturated rings. The molecule has 2 aromatic rings. The van der Waals surface area contributed by atoms with Crippen molar-refractivity contribution in [3.05, 3.63) is 66.1 Å². The van der Waals surface area contributed by atoms with E-state index >= 15 is 0 Å². The first kappa shape index (κ1) is 27.0. The topological polar surface area (TPSA) is 88.0 Å². The normalized spacial score (nSPS) is 25.7. The lowest BCUT2D eigenvalue weighted by Gasteiger charge is -2.44. The maximum absolute atomic E-state index is 13.5. The second kappa shape index (κ2) is 11.6. The van der Waals surface area contributed by atoms with E-state index in [4.69, 9.17) is 9.72 Å². The molecule has 9 heteroatoms. The molecule has 2 saturated carbocycles. The summed E-state index contributed by atoms with van der Waals surface area (Å²) >= 11 is 0. The van der Waals surface area contributed by atoms with Crippen LogP contribution in [0, 0.1) is 23.0 Å². The zero-order chi connectivity index (χ0) is 27.4. The van der Waals surface area contributed by atoms with Crippen LogP contribution in [0.1, 0.15) is 75.8 Å². The number of ether oxygens (including phenoxy) is 1. The minimum atomic E-state index is -0.940. The first-order chi connectivity index (χ1) is 18.8. The Bertz CT molecular complexity index is 1270. The lowest BCUT2D eigenvalue weighted by Crippen LogP contribution is -2.32. The quantitative estimate of drug-likeness (QED) is 0.383. The molecule has 0 bridgehead atoms. The van der Waals surface area contributed by atoms with Crippen LogP contribution in [0.2, 0.25) is 0 Å². The van der Waals surface area contributed by atoms with Crippen LogP contribution in [0.4, 0.5) is 20.2 Å². The van der Waals surface area contributed by atoms with Crippen molar-refractivity contribution < 1.29 is 18.3 Å². The van der Waals surface area contributed by atoms with E-state index in [1.165, 1.54) is 38.9 Å². The number of aliphatic imine (C=N–C) groups is 1. The maximum atomic E-state index is 13.5. The molecule has 1 aromatic carbocycles. The van der Waals surface area contributed by atoms with Gasteiger partial charge in [0, 0.05) is 24.1 Å². The highest BCUT2D eigenvalue weighted by molar-refractivity contribution is 6.16. The van der Waals surface area contributed by atoms with Gasteiger partial charge in [-0.25, -0.2) is 13.8 Å². The highest BCUT2D eigenvalue weighted by Crippen LogP contribution is 2.52. The Labute approximate surface area is 227 Å². The molecule has 7 nitrogen and oxygen atoms in total. The van der Waals surface area contributed by atoms with Gasteiger partial charge >= 0.3 is 5.97 Å². The van der Waals surface area contributed by atoms with Crippen molar-refractivity contribution in [2.75, 3.05) is 12.4 Å². The number of carbonyl (C=O) groups is 1. The zero-order valence-electron chi connectivity index (χ0n) is 22.3. The number of amidine groups is 1. The summed E-state index contributed by atoms with van der Waals surface area (Å²) in [6.07, 6.45) is 12.2. The van der Waals surface area contributed by atoms with E-state index in [0.29, 0.717) is 53.0 Å². The second-order valence-electron chi connectivity index (χ2n) is 11.1. The Kier molecular flexibility index (Phi) is 8.04. The van der Waals surface area contributed by atoms with E-state index in [1.807, 2.05) is 12.3 Å². The number of rotatable bonds is 7. The number of hydrazone groups is 1. The molecule has 0 unspecified atom stereocenters. The molecular weight excluding hydrogens is 500 g/mol. The van der Waals surface area contributed by atoms with Crippen LogP contribution in [0.25, 0.3) is 0 Å². The van der Waals surface area contributed by atoms with Gasteiger partial charge in [-0.1, -0.05) is 6.58 Å². The van der Waals surface area contributed by atoms with Crippen molar-refractivity contribution in [2.24, 2.45) is 21.4 Å². The molecule has 1 aromatic heterocycles. The van der Waals surface area contributed by atoms with Crippen molar-refractivity contribution in [3.63, 3.8) is 0 Å². The highest BCUT2D eigenvalue weighted by atomic mass is 19.2. The fraction of sp³-hybridized carbons (Fsp3) is 0.467. The number of methoxy groups -OCH3 is 1. The van der Waals surface area contributed by atoms with Crippen molar-refractivity contribution >= 4 is 28.9 Å². The largest absolute Gasteiger partial charge is 0.469 e. The molecule has 1 spiro atoms. The molecule has 0 atom stereocenters. The van der Waals surface area contributed by atoms with E-state index in [9.17, 15) is 13.6 Å². The summed E-state index contributed by atoms with van der Waals surface area (Å²) in [4.78, 5) is 20.7. The summed E-state index contributed by atoms with van der Waals surface area (Å²) in [6.45, 7) is 4.09. The molecule has 2 heterocycles. The van der Waals surface area contributed by atoms with Gasteiger partial charge in [0.2, 0.25) is 0 Å². The maximum Gasteiger partial charge on any atom is 0.305 e. The fourth-order valence-corrected chi connectivity index (χ4v) is 6.12. The summed E-state index contributed by atoms with van der Waals surface area (Å²) in [5.41, 5.74) is 6.83. The van der Waals surface area contributed by atoms with Crippen LogP contribution in [-0.4, -0.2) is 29.6 Å². The number of esters is 1. The zero-order valence-corrected chi connectivity index (χ0v) is 22.3. The third-order valence-electron chi connectivity index (χ3n) is 8.57. The van der Waals surface area contributed by atoms with Crippen LogP contribution in [-0.2, 0) is 9.53 Å². The highest BCUT2D eigenvalue weighted by Gasteiger charge is 2.39. The van der Waals surface area contributed by atoms with Gasteiger partial charge in [-0.3, -0.25) is 15.2 Å². The number of nitrogens with one attached hydrogen (secondary N) is 2. The van der Waals surface area contributed by atoms with Gasteiger partial charge in [-0.15, -0.1) is 0 Å². The molecule has 5 rings (SSSR count). The number of pyridine rings is 1. The molecule has 2 aliphatic carbocycles. The number of aromatic nitrogens is 1. The van der Waals surface area contributed by atoms with Crippen LogP contribution in [0.15, 0.2) is 58.9 Å². The Morgan fingerprint density at radius 1 is 1.13 bits per heavy atom. The minimum Gasteiger partial charge on any atom is -0.469 e. The number of halogens is 2. The predicted octanol–water partition coefficient (Wildman–Crippen LogP) is 6.76. The van der Waals surface area contributed by atoms with Gasteiger partial charge in [0.05, 0.1) is 42.5 Å². The van der Waals surface area contributed by atoms with Crippen LogP contribution >= 0.6 is 0 Å². The van der Waals surface area contributed by atoms with Gasteiger partial charge in [0.25, 0.3) is 0 Å². The predicted molar refractivity (Wildman–Crippen MR) is 148 cm³/mol. The average molecular weight is 536 g/mol. The SMILES string of the molecule is C=C(Nc1ccc(C2CCC3(CCC(CC(=O)OC)CC3)CC2)nc1)C1=NNC(=Nc2ccc(F)c(F)c2)C1. The number of benzene rings is 1. The average Bonchev–Trinajstić information content (AvgIpc) is 3.42. The summed E-state index contributed by atoms with van der Waals surface area (Å²) in [5.74, 6) is -0.459. The molecule has 2 N–H and O–H groups in total. The molecule has 0 saturated heterocycles. The monoisotopic (exact) mass is 535 g/mol. The van der Waals surface area contributed by atoms with Crippen LogP contribution in [0.3, 0.4) is 0 Å². The van der Waals surface area contributed by atoms with E-state index in [0.717, 1.165) is 49.2 Å². The minimum absolute atomic E-state index is 0.0848. The van der Waals surface area contributed by atoms with Gasteiger partial charge in [-0.05, 0) is 87.0 Å². The molecular formula is C30H35F2N5O2. The van der Waals surface area contributed by atoms with Crippen molar-refractivity contribution in [1.82, 2.24) is 10.4 Å². The Hall–Kier alpha value is -3.62. The van der Waals surface area contributed by atoms with Crippen molar-refractivity contribution in [3.8, 4) is 0 Å². The summed E-state index contributed by atoms with van der Waals surface area (Å²) in [7, 11) is 1.47. The third-order valence-corrected chi connectivity index (χ3v) is 8.57. The van der Waals surface area contributed by atoms with Crippen LogP contribution in [0.5, 0.6) is 0 Å². The van der Waals surface area contributed by atoms with E-state index < -0.39 is 11.6 Å². The molecule has 206 valence electrons. The number of hydrogen-bond donors (Lipinski definition) is 2. The van der Waals surface area contributed by atoms with Gasteiger partial charge in [0.1, 0.15) is 5.84 Å². The number of hydrogen-bond acceptors (Lipinski definition) is 6. The lowest BCUT2D eigenvalue weighted by atomic mass is 9.61. The molecule has 39 heavy (non-hydrogen) atoms. The number of nitrogens with zero attached hydrogens (tertiary/aromatic N) is 3. The Balaban J connectivity index is 1.09. The molecule has 0 amide bonds. The fourth-order valence-electron chi connectivity index (χ4n) is 6.12. The van der Waals surface area contributed by atoms with Crippen molar-refractivity contribution in [1.29, 1.82) is 0 Å². The Morgan fingerprint density at radius 3 is 2.54 bits per heavy atom. The Morgan fingerprint density at radius 2 is 1.87 bits per heavy atom. The number of anilines is 1. The first-order valence-electron chi connectivity index (χ1n) is 13.7. The van der Waals surface area contributed by atoms with E-state index in [1.54, 1.807) is 0 Å². The summed E-state index contributed by atoms with van der Waals surface area (Å²) < 4.78 is 31.5. The van der Waals surface area contributed by atoms with E-state index in [2.05, 4.69) is 33.5 Å². The smallest absolute Gasteiger partial charge is 0.305 e. The van der Waals surface area contributed by atoms with Crippen LogP contribution < -0.4 is 10.7 Å². The molecule has 1 aliphatic heterocycles. The van der Waals surface area contributed by atoms with Crippen molar-refractivity contribution in [2.45, 2.75) is 70.1 Å². The van der Waals surface area contributed by atoms with Gasteiger partial charge < -0.3 is 10.1 Å². The summed E-state index contributed by atoms with van der Waals surface area (Å²) in [5, 5.41) is 7.53. The second-order valence-corrected chi connectivity index (χ2v) is 11.1. The summed E-state index contributed by atoms with van der Waals surface area (Å²) in [6, 6.07) is 7.63. The standard InChI is InChI=1S/C30H35F2N5O2/c1-19(27-17-28(37-36-27)35-22-3-5-24(31)25(32)16-22)34-23-4-6-26(33-18-23)21-9-13-30(14-10-21)11-7-20(8-12-30)15-29(38)39-2/h3-6,16,18,20-21,34H,1,7-15,17H2,2H3,(H,35,37).